The first-order valence-electron chi connectivity index (χ1n) is 11.0. The smallest absolute Gasteiger partial charge is 0.262 e. The number of hydrogen-bond acceptors (Lipinski definition) is 6. The second-order valence-corrected chi connectivity index (χ2v) is 7.62. The van der Waals surface area contributed by atoms with Crippen molar-refractivity contribution in [1.29, 1.82) is 0 Å². The maximum atomic E-state index is 13.6. The number of carbonyl (C=O) groups is 2. The van der Waals surface area contributed by atoms with Gasteiger partial charge in [-0.25, -0.2) is 0 Å². The summed E-state index contributed by atoms with van der Waals surface area (Å²) in [6.07, 6.45) is -0.498. The van der Waals surface area contributed by atoms with Crippen LogP contribution in [-0.4, -0.2) is 39.2 Å². The lowest BCUT2D eigenvalue weighted by Crippen LogP contribution is -2.43. The molecule has 0 unspecified atom stereocenters. The number of fused-ring (bicyclic) bond motifs is 1. The van der Waals surface area contributed by atoms with Gasteiger partial charge in [0.25, 0.3) is 11.8 Å². The van der Waals surface area contributed by atoms with Crippen molar-refractivity contribution in [3.8, 4) is 17.2 Å². The fourth-order valence-corrected chi connectivity index (χ4v) is 3.86. The number of para-hydroxylation sites is 1. The van der Waals surface area contributed by atoms with Crippen LogP contribution in [0.2, 0.25) is 0 Å². The number of ether oxygens (including phenoxy) is 3. The molecule has 0 aliphatic carbocycles. The van der Waals surface area contributed by atoms with E-state index in [2.05, 4.69) is 10.6 Å². The molecule has 8 nitrogen and oxygen atoms in total. The van der Waals surface area contributed by atoms with Crippen LogP contribution in [0.5, 0.6) is 17.2 Å². The van der Waals surface area contributed by atoms with Crippen LogP contribution in [0.3, 0.4) is 0 Å². The SMILES string of the molecule is CCNC(=O)COc1ccc([C@@H]2Nc3ccccc3C(=O)N2c2ccc(OC)cc2)cc1OC. The van der Waals surface area contributed by atoms with Crippen LogP contribution in [-0.2, 0) is 4.79 Å². The van der Waals surface area contributed by atoms with E-state index in [0.29, 0.717) is 35.0 Å². The van der Waals surface area contributed by atoms with Gasteiger partial charge in [-0.1, -0.05) is 18.2 Å². The highest BCUT2D eigenvalue weighted by Crippen LogP contribution is 2.39. The molecule has 8 heteroatoms. The van der Waals surface area contributed by atoms with Crippen molar-refractivity contribution in [2.45, 2.75) is 13.1 Å². The molecule has 0 saturated heterocycles. The zero-order chi connectivity index (χ0) is 24.1. The number of benzene rings is 3. The fraction of sp³-hybridized carbons (Fsp3) is 0.231. The predicted molar refractivity (Wildman–Crippen MR) is 130 cm³/mol. The summed E-state index contributed by atoms with van der Waals surface area (Å²) in [5, 5.41) is 6.17. The Morgan fingerprint density at radius 1 is 1.00 bits per heavy atom. The van der Waals surface area contributed by atoms with E-state index in [1.807, 2.05) is 61.5 Å². The van der Waals surface area contributed by atoms with Crippen LogP contribution in [0, 0.1) is 0 Å². The van der Waals surface area contributed by atoms with E-state index in [1.165, 1.54) is 7.11 Å². The Balaban J connectivity index is 1.70. The number of likely N-dealkylation sites (N-methyl/N-ethyl adjacent to an activating group) is 1. The fourth-order valence-electron chi connectivity index (χ4n) is 3.86. The number of methoxy groups -OCH3 is 2. The van der Waals surface area contributed by atoms with Gasteiger partial charge in [-0.3, -0.25) is 14.5 Å². The first-order valence-corrected chi connectivity index (χ1v) is 11.0. The Labute approximate surface area is 198 Å². The molecule has 176 valence electrons. The third-order valence-corrected chi connectivity index (χ3v) is 5.51. The summed E-state index contributed by atoms with van der Waals surface area (Å²) >= 11 is 0. The Morgan fingerprint density at radius 3 is 2.47 bits per heavy atom. The van der Waals surface area contributed by atoms with Crippen molar-refractivity contribution in [3.05, 3.63) is 77.9 Å². The molecular formula is C26H27N3O5. The lowest BCUT2D eigenvalue weighted by molar-refractivity contribution is -0.123. The zero-order valence-corrected chi connectivity index (χ0v) is 19.3. The summed E-state index contributed by atoms with van der Waals surface area (Å²) in [5.74, 6) is 1.27. The maximum absolute atomic E-state index is 13.6. The monoisotopic (exact) mass is 461 g/mol. The van der Waals surface area contributed by atoms with E-state index in [9.17, 15) is 9.59 Å². The number of hydrogen-bond donors (Lipinski definition) is 2. The standard InChI is InChI=1S/C26H27N3O5/c1-4-27-24(30)16-34-22-14-9-17(15-23(22)33-3)25-28-21-8-6-5-7-20(21)26(31)29(25)18-10-12-19(32-2)13-11-18/h5-15,25,28H,4,16H2,1-3H3,(H,27,30)/t25-/m1/s1. The van der Waals surface area contributed by atoms with Crippen molar-refractivity contribution in [2.75, 3.05) is 37.6 Å². The Hall–Kier alpha value is -4.20. The van der Waals surface area contributed by atoms with E-state index in [-0.39, 0.29) is 18.4 Å². The summed E-state index contributed by atoms with van der Waals surface area (Å²) < 4.78 is 16.5. The molecule has 0 spiro atoms. The van der Waals surface area contributed by atoms with Crippen molar-refractivity contribution in [2.24, 2.45) is 0 Å². The number of amides is 2. The number of nitrogens with one attached hydrogen (secondary N) is 2. The highest BCUT2D eigenvalue weighted by molar-refractivity contribution is 6.12. The molecular weight excluding hydrogens is 434 g/mol. The van der Waals surface area contributed by atoms with Gasteiger partial charge < -0.3 is 24.8 Å². The minimum absolute atomic E-state index is 0.116. The van der Waals surface area contributed by atoms with Crippen LogP contribution in [0.15, 0.2) is 66.7 Å². The topological polar surface area (TPSA) is 89.1 Å². The normalized spacial score (nSPS) is 14.6. The molecule has 1 atom stereocenters. The molecule has 2 amide bonds. The Kier molecular flexibility index (Phi) is 6.87. The molecule has 4 rings (SSSR count). The van der Waals surface area contributed by atoms with Crippen LogP contribution < -0.4 is 29.7 Å². The van der Waals surface area contributed by atoms with Crippen molar-refractivity contribution in [3.63, 3.8) is 0 Å². The second kappa shape index (κ2) is 10.2. The third kappa shape index (κ3) is 4.61. The van der Waals surface area contributed by atoms with E-state index >= 15 is 0 Å². The van der Waals surface area contributed by atoms with E-state index < -0.39 is 6.17 Å². The number of rotatable bonds is 8. The molecule has 34 heavy (non-hydrogen) atoms. The quantitative estimate of drug-likeness (QED) is 0.527. The zero-order valence-electron chi connectivity index (χ0n) is 19.3. The van der Waals surface area contributed by atoms with Gasteiger partial charge in [0.15, 0.2) is 18.1 Å². The van der Waals surface area contributed by atoms with Gasteiger partial charge in [-0.15, -0.1) is 0 Å². The highest BCUT2D eigenvalue weighted by Gasteiger charge is 2.34. The molecule has 0 fully saturated rings. The summed E-state index contributed by atoms with van der Waals surface area (Å²) in [7, 11) is 3.14. The Morgan fingerprint density at radius 2 is 1.76 bits per heavy atom. The van der Waals surface area contributed by atoms with Crippen LogP contribution in [0.4, 0.5) is 11.4 Å². The summed E-state index contributed by atoms with van der Waals surface area (Å²) in [5.41, 5.74) is 2.84. The van der Waals surface area contributed by atoms with Gasteiger partial charge in [-0.05, 0) is 61.0 Å². The van der Waals surface area contributed by atoms with Gasteiger partial charge >= 0.3 is 0 Å². The van der Waals surface area contributed by atoms with E-state index in [1.54, 1.807) is 24.1 Å². The minimum Gasteiger partial charge on any atom is -0.497 e. The number of anilines is 2. The third-order valence-electron chi connectivity index (χ3n) is 5.51. The van der Waals surface area contributed by atoms with Gasteiger partial charge in [0.1, 0.15) is 11.9 Å². The first kappa shape index (κ1) is 23.0. The molecule has 0 radical (unpaired) electrons. The summed E-state index contributed by atoms with van der Waals surface area (Å²) in [6, 6.07) is 20.1. The Bertz CT molecular complexity index is 1180. The summed E-state index contributed by atoms with van der Waals surface area (Å²) in [6.45, 7) is 2.26. The maximum Gasteiger partial charge on any atom is 0.262 e. The van der Waals surface area contributed by atoms with Gasteiger partial charge in [-0.2, -0.15) is 0 Å². The summed E-state index contributed by atoms with van der Waals surface area (Å²) in [4.78, 5) is 27.1. The van der Waals surface area contributed by atoms with E-state index in [0.717, 1.165) is 11.3 Å². The molecule has 1 heterocycles. The van der Waals surface area contributed by atoms with Crippen LogP contribution >= 0.6 is 0 Å². The van der Waals surface area contributed by atoms with Crippen LogP contribution in [0.1, 0.15) is 29.0 Å². The minimum atomic E-state index is -0.498. The number of carbonyl (C=O) groups excluding carboxylic acids is 2. The van der Waals surface area contributed by atoms with Gasteiger partial charge in [0, 0.05) is 17.9 Å². The lowest BCUT2D eigenvalue weighted by Gasteiger charge is -2.38. The van der Waals surface area contributed by atoms with E-state index in [4.69, 9.17) is 14.2 Å². The second-order valence-electron chi connectivity index (χ2n) is 7.62. The first-order chi connectivity index (χ1) is 16.5. The average molecular weight is 462 g/mol. The molecule has 0 aromatic heterocycles. The molecule has 3 aromatic carbocycles. The van der Waals surface area contributed by atoms with Gasteiger partial charge in [0.2, 0.25) is 0 Å². The molecule has 2 N–H and O–H groups in total. The average Bonchev–Trinajstić information content (AvgIpc) is 2.87. The predicted octanol–water partition coefficient (Wildman–Crippen LogP) is 3.99. The molecule has 0 saturated carbocycles. The highest BCUT2D eigenvalue weighted by atomic mass is 16.5. The molecule has 0 bridgehead atoms. The van der Waals surface area contributed by atoms with Crippen molar-refractivity contribution < 1.29 is 23.8 Å². The van der Waals surface area contributed by atoms with Crippen molar-refractivity contribution in [1.82, 2.24) is 5.32 Å². The lowest BCUT2D eigenvalue weighted by atomic mass is 10.0. The van der Waals surface area contributed by atoms with Crippen LogP contribution in [0.25, 0.3) is 0 Å². The van der Waals surface area contributed by atoms with Crippen molar-refractivity contribution >= 4 is 23.2 Å². The number of nitrogens with zero attached hydrogens (tertiary/aromatic N) is 1. The molecule has 3 aromatic rings. The largest absolute Gasteiger partial charge is 0.497 e. The molecule has 1 aliphatic rings. The molecule has 1 aliphatic heterocycles. The van der Waals surface area contributed by atoms with Gasteiger partial charge in [0.05, 0.1) is 19.8 Å².